The molecule has 144 valence electrons. The number of carbonyl (C=O) groups excluding carboxylic acids is 4. The van der Waals surface area contributed by atoms with Gasteiger partial charge in [0.25, 0.3) is 0 Å². The van der Waals surface area contributed by atoms with Gasteiger partial charge < -0.3 is 10.1 Å². The SMILES string of the molecule is CCCN1C(=O)C(=O)N(CC(=O)Nc2ccccc2Oc2ccccc2)C1=O. The molecule has 1 saturated heterocycles. The summed E-state index contributed by atoms with van der Waals surface area (Å²) < 4.78 is 5.76. The highest BCUT2D eigenvalue weighted by molar-refractivity contribution is 6.45. The molecule has 1 fully saturated rings. The van der Waals surface area contributed by atoms with E-state index in [1.54, 1.807) is 43.3 Å². The van der Waals surface area contributed by atoms with Gasteiger partial charge in [-0.1, -0.05) is 37.3 Å². The third-order valence-electron chi connectivity index (χ3n) is 4.02. The highest BCUT2D eigenvalue weighted by atomic mass is 16.5. The Morgan fingerprint density at radius 1 is 0.929 bits per heavy atom. The second kappa shape index (κ2) is 8.34. The van der Waals surface area contributed by atoms with Crippen LogP contribution in [0.25, 0.3) is 0 Å². The number of nitrogens with zero attached hydrogens (tertiary/aromatic N) is 2. The van der Waals surface area contributed by atoms with Gasteiger partial charge in [0.15, 0.2) is 5.75 Å². The van der Waals surface area contributed by atoms with Crippen molar-refractivity contribution in [3.8, 4) is 11.5 Å². The maximum atomic E-state index is 12.4. The molecular formula is C20H19N3O5. The molecule has 2 aromatic rings. The second-order valence-electron chi connectivity index (χ2n) is 6.09. The topological polar surface area (TPSA) is 96.0 Å². The molecule has 0 unspecified atom stereocenters. The summed E-state index contributed by atoms with van der Waals surface area (Å²) >= 11 is 0. The van der Waals surface area contributed by atoms with Gasteiger partial charge in [-0.25, -0.2) is 9.69 Å². The van der Waals surface area contributed by atoms with Crippen molar-refractivity contribution in [2.45, 2.75) is 13.3 Å². The molecule has 0 atom stereocenters. The number of hydrogen-bond acceptors (Lipinski definition) is 5. The largest absolute Gasteiger partial charge is 0.455 e. The van der Waals surface area contributed by atoms with Gasteiger partial charge in [0, 0.05) is 6.54 Å². The Morgan fingerprint density at radius 3 is 2.29 bits per heavy atom. The number of ether oxygens (including phenoxy) is 1. The molecule has 0 spiro atoms. The molecule has 0 saturated carbocycles. The zero-order valence-electron chi connectivity index (χ0n) is 15.3. The summed E-state index contributed by atoms with van der Waals surface area (Å²) in [5.41, 5.74) is 0.382. The van der Waals surface area contributed by atoms with E-state index in [1.807, 2.05) is 18.2 Å². The number of para-hydroxylation sites is 3. The highest BCUT2D eigenvalue weighted by Gasteiger charge is 2.44. The summed E-state index contributed by atoms with van der Waals surface area (Å²) in [6, 6.07) is 15.0. The first-order chi connectivity index (χ1) is 13.5. The van der Waals surface area contributed by atoms with Crippen molar-refractivity contribution in [3.63, 3.8) is 0 Å². The zero-order valence-corrected chi connectivity index (χ0v) is 15.3. The Kier molecular flexibility index (Phi) is 5.69. The lowest BCUT2D eigenvalue weighted by Crippen LogP contribution is -2.39. The van der Waals surface area contributed by atoms with Gasteiger partial charge in [-0.2, -0.15) is 0 Å². The van der Waals surface area contributed by atoms with Gasteiger partial charge in [-0.15, -0.1) is 0 Å². The Labute approximate surface area is 161 Å². The molecule has 5 amide bonds. The predicted molar refractivity (Wildman–Crippen MR) is 101 cm³/mol. The standard InChI is InChI=1S/C20H19N3O5/c1-2-12-22-18(25)19(26)23(20(22)27)13-17(24)21-15-10-6-7-11-16(15)28-14-8-4-3-5-9-14/h3-11H,2,12-13H2,1H3,(H,21,24). The number of amides is 5. The van der Waals surface area contributed by atoms with Crippen LogP contribution >= 0.6 is 0 Å². The molecule has 0 bridgehead atoms. The van der Waals surface area contributed by atoms with E-state index in [-0.39, 0.29) is 6.54 Å². The lowest BCUT2D eigenvalue weighted by atomic mass is 10.2. The van der Waals surface area contributed by atoms with Crippen molar-refractivity contribution in [1.82, 2.24) is 9.80 Å². The molecule has 8 heteroatoms. The highest BCUT2D eigenvalue weighted by Crippen LogP contribution is 2.29. The molecule has 0 radical (unpaired) electrons. The van der Waals surface area contributed by atoms with Gasteiger partial charge >= 0.3 is 17.8 Å². The monoisotopic (exact) mass is 381 g/mol. The minimum Gasteiger partial charge on any atom is -0.455 e. The van der Waals surface area contributed by atoms with E-state index in [9.17, 15) is 19.2 Å². The number of imide groups is 2. The number of urea groups is 1. The molecule has 1 N–H and O–H groups in total. The van der Waals surface area contributed by atoms with Crippen LogP contribution in [0, 0.1) is 0 Å². The smallest absolute Gasteiger partial charge is 0.334 e. The number of hydrogen-bond donors (Lipinski definition) is 1. The van der Waals surface area contributed by atoms with Crippen LogP contribution < -0.4 is 10.1 Å². The molecule has 0 aliphatic carbocycles. The normalized spacial score (nSPS) is 13.8. The summed E-state index contributed by atoms with van der Waals surface area (Å²) in [4.78, 5) is 50.0. The average molecular weight is 381 g/mol. The van der Waals surface area contributed by atoms with Crippen LogP contribution in [0.3, 0.4) is 0 Å². The van der Waals surface area contributed by atoms with Crippen LogP contribution in [0.15, 0.2) is 54.6 Å². The van der Waals surface area contributed by atoms with E-state index in [0.717, 1.165) is 4.90 Å². The first-order valence-electron chi connectivity index (χ1n) is 8.80. The van der Waals surface area contributed by atoms with Crippen LogP contribution in [-0.2, 0) is 14.4 Å². The van der Waals surface area contributed by atoms with E-state index in [1.165, 1.54) is 0 Å². The third kappa shape index (κ3) is 4.01. The maximum absolute atomic E-state index is 12.4. The fourth-order valence-corrected chi connectivity index (χ4v) is 2.72. The Hall–Kier alpha value is -3.68. The van der Waals surface area contributed by atoms with Gasteiger partial charge in [0.1, 0.15) is 12.3 Å². The molecule has 3 rings (SSSR count). The predicted octanol–water partition coefficient (Wildman–Crippen LogP) is 2.62. The Bertz CT molecular complexity index is 913. The molecule has 1 aliphatic heterocycles. The Morgan fingerprint density at radius 2 is 1.57 bits per heavy atom. The van der Waals surface area contributed by atoms with E-state index in [0.29, 0.717) is 28.5 Å². The maximum Gasteiger partial charge on any atom is 0.334 e. The third-order valence-corrected chi connectivity index (χ3v) is 4.02. The van der Waals surface area contributed by atoms with Crippen LogP contribution in [0.2, 0.25) is 0 Å². The molecule has 0 aromatic heterocycles. The van der Waals surface area contributed by atoms with E-state index in [2.05, 4.69) is 5.32 Å². The van der Waals surface area contributed by atoms with Crippen molar-refractivity contribution in [2.24, 2.45) is 0 Å². The van der Waals surface area contributed by atoms with Gasteiger partial charge in [0.05, 0.1) is 5.69 Å². The average Bonchev–Trinajstić information content (AvgIpc) is 2.89. The second-order valence-corrected chi connectivity index (χ2v) is 6.09. The van der Waals surface area contributed by atoms with Crippen molar-refractivity contribution in [2.75, 3.05) is 18.4 Å². The molecule has 1 aliphatic rings. The number of rotatable bonds is 7. The number of nitrogens with one attached hydrogen (secondary N) is 1. The summed E-state index contributed by atoms with van der Waals surface area (Å²) in [5.74, 6) is -1.52. The van der Waals surface area contributed by atoms with Crippen LogP contribution in [0.4, 0.5) is 10.5 Å². The van der Waals surface area contributed by atoms with Crippen LogP contribution in [0.5, 0.6) is 11.5 Å². The lowest BCUT2D eigenvalue weighted by Gasteiger charge is -2.16. The Balaban J connectivity index is 1.70. The summed E-state index contributed by atoms with van der Waals surface area (Å²) in [5, 5.41) is 2.62. The van der Waals surface area contributed by atoms with Crippen molar-refractivity contribution in [3.05, 3.63) is 54.6 Å². The van der Waals surface area contributed by atoms with E-state index < -0.39 is 30.3 Å². The van der Waals surface area contributed by atoms with E-state index in [4.69, 9.17) is 4.74 Å². The first kappa shape index (κ1) is 19.1. The number of benzene rings is 2. The molecule has 28 heavy (non-hydrogen) atoms. The lowest BCUT2D eigenvalue weighted by molar-refractivity contribution is -0.143. The fourth-order valence-electron chi connectivity index (χ4n) is 2.72. The van der Waals surface area contributed by atoms with Gasteiger partial charge in [-0.05, 0) is 30.7 Å². The summed E-state index contributed by atoms with van der Waals surface area (Å²) in [6.07, 6.45) is 0.523. The number of anilines is 1. The molecule has 1 heterocycles. The van der Waals surface area contributed by atoms with Crippen molar-refractivity contribution < 1.29 is 23.9 Å². The summed E-state index contributed by atoms with van der Waals surface area (Å²) in [6.45, 7) is 1.36. The molecule has 2 aromatic carbocycles. The molecule has 8 nitrogen and oxygen atoms in total. The minimum absolute atomic E-state index is 0.134. The quantitative estimate of drug-likeness (QED) is 0.587. The number of carbonyl (C=O) groups is 4. The van der Waals surface area contributed by atoms with Crippen LogP contribution in [-0.4, -0.2) is 46.6 Å². The van der Waals surface area contributed by atoms with Crippen molar-refractivity contribution >= 4 is 29.4 Å². The molecular weight excluding hydrogens is 362 g/mol. The van der Waals surface area contributed by atoms with Gasteiger partial charge in [-0.3, -0.25) is 19.3 Å². The van der Waals surface area contributed by atoms with Gasteiger partial charge in [0.2, 0.25) is 5.91 Å². The van der Waals surface area contributed by atoms with Crippen molar-refractivity contribution in [1.29, 1.82) is 0 Å². The summed E-state index contributed by atoms with van der Waals surface area (Å²) in [7, 11) is 0. The van der Waals surface area contributed by atoms with E-state index >= 15 is 0 Å². The first-order valence-corrected chi connectivity index (χ1v) is 8.80. The fraction of sp³-hybridized carbons (Fsp3) is 0.200. The zero-order chi connectivity index (χ0) is 20.1. The van der Waals surface area contributed by atoms with Crippen LogP contribution in [0.1, 0.15) is 13.3 Å². The minimum atomic E-state index is -0.998.